The lowest BCUT2D eigenvalue weighted by Gasteiger charge is -2.33. The van der Waals surface area contributed by atoms with Gasteiger partial charge in [-0.25, -0.2) is 0 Å². The number of piperidine rings is 1. The van der Waals surface area contributed by atoms with Crippen molar-refractivity contribution in [2.45, 2.75) is 37.7 Å². The van der Waals surface area contributed by atoms with Crippen molar-refractivity contribution in [3.05, 3.63) is 65.7 Å². The first-order valence-electron chi connectivity index (χ1n) is 9.33. The Bertz CT molecular complexity index is 635. The molecule has 1 atom stereocenters. The molecule has 1 aliphatic heterocycles. The minimum Gasteiger partial charge on any atom is -0.497 e. The number of likely N-dealkylation sites (tertiary alicyclic amines) is 1. The minimum absolute atomic E-state index is 0.633. The predicted octanol–water partition coefficient (Wildman–Crippen LogP) is 4.00. The lowest BCUT2D eigenvalue weighted by atomic mass is 9.84. The van der Waals surface area contributed by atoms with E-state index in [0.29, 0.717) is 6.42 Å². The summed E-state index contributed by atoms with van der Waals surface area (Å²) in [6.07, 6.45) is 5.27. The van der Waals surface area contributed by atoms with Crippen molar-refractivity contribution in [3.8, 4) is 5.75 Å². The van der Waals surface area contributed by atoms with Gasteiger partial charge in [-0.1, -0.05) is 48.9 Å². The highest BCUT2D eigenvalue weighted by Gasteiger charge is 2.30. The number of nitrogens with zero attached hydrogens (tertiary/aromatic N) is 1. The fraction of sp³-hybridized carbons (Fsp3) is 0.455. The smallest absolute Gasteiger partial charge is 0.118 e. The number of methoxy groups -OCH3 is 1. The zero-order chi connectivity index (χ0) is 17.5. The van der Waals surface area contributed by atoms with Gasteiger partial charge in [-0.3, -0.25) is 0 Å². The van der Waals surface area contributed by atoms with E-state index in [1.807, 2.05) is 42.5 Å². The van der Waals surface area contributed by atoms with Crippen molar-refractivity contribution in [2.75, 3.05) is 26.7 Å². The van der Waals surface area contributed by atoms with Crippen molar-refractivity contribution in [2.24, 2.45) is 0 Å². The first-order chi connectivity index (χ1) is 12.2. The second-order valence-electron chi connectivity index (χ2n) is 7.07. The molecule has 0 saturated carbocycles. The van der Waals surface area contributed by atoms with E-state index in [2.05, 4.69) is 17.0 Å². The van der Waals surface area contributed by atoms with Gasteiger partial charge in [0.2, 0.25) is 0 Å². The van der Waals surface area contributed by atoms with Gasteiger partial charge in [0.05, 0.1) is 12.7 Å². The second kappa shape index (κ2) is 8.50. The maximum Gasteiger partial charge on any atom is 0.118 e. The standard InChI is InChI=1S/C22H29NO2/c1-25-21-12-10-20(11-13-21)22(24,18-19-8-4-2-5-9-19)14-17-23-15-6-3-7-16-23/h2,4-5,8-13,24H,3,6-7,14-18H2,1H3. The van der Waals surface area contributed by atoms with Gasteiger partial charge < -0.3 is 14.7 Å². The van der Waals surface area contributed by atoms with Gasteiger partial charge in [0.1, 0.15) is 5.75 Å². The zero-order valence-electron chi connectivity index (χ0n) is 15.2. The quantitative estimate of drug-likeness (QED) is 0.827. The van der Waals surface area contributed by atoms with Crippen molar-refractivity contribution in [1.29, 1.82) is 0 Å². The number of rotatable bonds is 7. The van der Waals surface area contributed by atoms with Crippen LogP contribution in [-0.4, -0.2) is 36.8 Å². The van der Waals surface area contributed by atoms with Crippen LogP contribution in [0, 0.1) is 0 Å². The molecular formula is C22H29NO2. The van der Waals surface area contributed by atoms with E-state index in [0.717, 1.165) is 37.4 Å². The average molecular weight is 339 g/mol. The van der Waals surface area contributed by atoms with Crippen molar-refractivity contribution < 1.29 is 9.84 Å². The summed E-state index contributed by atoms with van der Waals surface area (Å²) in [7, 11) is 1.67. The Hall–Kier alpha value is -1.84. The molecule has 0 aromatic heterocycles. The maximum atomic E-state index is 11.6. The SMILES string of the molecule is COc1ccc(C(O)(CCN2CCCCC2)Cc2ccccc2)cc1. The van der Waals surface area contributed by atoms with Gasteiger partial charge in [-0.2, -0.15) is 0 Å². The van der Waals surface area contributed by atoms with E-state index < -0.39 is 5.60 Å². The van der Waals surface area contributed by atoms with Gasteiger partial charge in [-0.05, 0) is 55.6 Å². The normalized spacial score (nSPS) is 17.8. The maximum absolute atomic E-state index is 11.6. The molecule has 0 radical (unpaired) electrons. The fourth-order valence-electron chi connectivity index (χ4n) is 3.70. The molecule has 25 heavy (non-hydrogen) atoms. The van der Waals surface area contributed by atoms with Crippen LogP contribution < -0.4 is 4.74 Å². The summed E-state index contributed by atoms with van der Waals surface area (Å²) in [4.78, 5) is 2.49. The van der Waals surface area contributed by atoms with Crippen LogP contribution in [0.15, 0.2) is 54.6 Å². The summed E-state index contributed by atoms with van der Waals surface area (Å²) in [5.74, 6) is 0.821. The van der Waals surface area contributed by atoms with E-state index >= 15 is 0 Å². The monoisotopic (exact) mass is 339 g/mol. The number of hydrogen-bond acceptors (Lipinski definition) is 3. The van der Waals surface area contributed by atoms with Crippen LogP contribution in [0.1, 0.15) is 36.8 Å². The predicted molar refractivity (Wildman–Crippen MR) is 102 cm³/mol. The summed E-state index contributed by atoms with van der Waals surface area (Å²) < 4.78 is 5.27. The number of benzene rings is 2. The molecule has 1 heterocycles. The minimum atomic E-state index is -0.856. The molecule has 1 fully saturated rings. The number of hydrogen-bond donors (Lipinski definition) is 1. The third kappa shape index (κ3) is 4.83. The van der Waals surface area contributed by atoms with Crippen LogP contribution in [0.5, 0.6) is 5.75 Å². The molecule has 2 aromatic carbocycles. The first-order valence-corrected chi connectivity index (χ1v) is 9.33. The third-order valence-electron chi connectivity index (χ3n) is 5.26. The van der Waals surface area contributed by atoms with Gasteiger partial charge in [0.25, 0.3) is 0 Å². The summed E-state index contributed by atoms with van der Waals surface area (Å²) in [5, 5.41) is 11.6. The van der Waals surface area contributed by atoms with Crippen molar-refractivity contribution >= 4 is 0 Å². The summed E-state index contributed by atoms with van der Waals surface area (Å²) >= 11 is 0. The Morgan fingerprint density at radius 1 is 0.960 bits per heavy atom. The van der Waals surface area contributed by atoms with Crippen LogP contribution in [0.3, 0.4) is 0 Å². The molecule has 3 nitrogen and oxygen atoms in total. The highest BCUT2D eigenvalue weighted by molar-refractivity contribution is 5.32. The Morgan fingerprint density at radius 2 is 1.64 bits per heavy atom. The number of ether oxygens (including phenoxy) is 1. The number of aliphatic hydroxyl groups is 1. The van der Waals surface area contributed by atoms with Gasteiger partial charge in [-0.15, -0.1) is 0 Å². The lowest BCUT2D eigenvalue weighted by Crippen LogP contribution is -2.37. The molecule has 134 valence electrons. The lowest BCUT2D eigenvalue weighted by molar-refractivity contribution is 0.0155. The Morgan fingerprint density at radius 3 is 2.28 bits per heavy atom. The zero-order valence-corrected chi connectivity index (χ0v) is 15.2. The highest BCUT2D eigenvalue weighted by Crippen LogP contribution is 2.31. The molecule has 1 N–H and O–H groups in total. The van der Waals surface area contributed by atoms with Gasteiger partial charge in [0, 0.05) is 13.0 Å². The summed E-state index contributed by atoms with van der Waals surface area (Å²) in [6.45, 7) is 3.25. The van der Waals surface area contributed by atoms with Gasteiger partial charge >= 0.3 is 0 Å². The van der Waals surface area contributed by atoms with E-state index in [1.54, 1.807) is 7.11 Å². The molecule has 1 unspecified atom stereocenters. The molecule has 0 bridgehead atoms. The van der Waals surface area contributed by atoms with Crippen LogP contribution in [-0.2, 0) is 12.0 Å². The van der Waals surface area contributed by atoms with E-state index in [-0.39, 0.29) is 0 Å². The van der Waals surface area contributed by atoms with E-state index in [9.17, 15) is 5.11 Å². The van der Waals surface area contributed by atoms with Gasteiger partial charge in [0.15, 0.2) is 0 Å². The molecule has 0 amide bonds. The summed E-state index contributed by atoms with van der Waals surface area (Å²) in [5.41, 5.74) is 1.28. The van der Waals surface area contributed by atoms with Crippen LogP contribution in [0.4, 0.5) is 0 Å². The topological polar surface area (TPSA) is 32.7 Å². The molecule has 2 aromatic rings. The van der Waals surface area contributed by atoms with E-state index in [1.165, 1.54) is 24.8 Å². The molecule has 3 heteroatoms. The fourth-order valence-corrected chi connectivity index (χ4v) is 3.70. The molecular weight excluding hydrogens is 310 g/mol. The first kappa shape index (κ1) is 18.0. The average Bonchev–Trinajstić information content (AvgIpc) is 2.68. The highest BCUT2D eigenvalue weighted by atomic mass is 16.5. The Kier molecular flexibility index (Phi) is 6.11. The Labute approximate surface area is 151 Å². The molecule has 3 rings (SSSR count). The van der Waals surface area contributed by atoms with Crippen LogP contribution in [0.2, 0.25) is 0 Å². The summed E-state index contributed by atoms with van der Waals surface area (Å²) in [6, 6.07) is 18.1. The molecule has 0 aliphatic carbocycles. The van der Waals surface area contributed by atoms with Crippen LogP contribution in [0.25, 0.3) is 0 Å². The third-order valence-corrected chi connectivity index (χ3v) is 5.26. The Balaban J connectivity index is 1.78. The van der Waals surface area contributed by atoms with Crippen LogP contribution >= 0.6 is 0 Å². The van der Waals surface area contributed by atoms with Crippen molar-refractivity contribution in [3.63, 3.8) is 0 Å². The largest absolute Gasteiger partial charge is 0.497 e. The molecule has 0 spiro atoms. The second-order valence-corrected chi connectivity index (χ2v) is 7.07. The van der Waals surface area contributed by atoms with E-state index in [4.69, 9.17) is 4.74 Å². The molecule has 1 saturated heterocycles. The molecule has 1 aliphatic rings. The van der Waals surface area contributed by atoms with Crippen molar-refractivity contribution in [1.82, 2.24) is 4.90 Å².